The summed E-state index contributed by atoms with van der Waals surface area (Å²) in [4.78, 5) is 27.8. The molecule has 1 fully saturated rings. The highest BCUT2D eigenvalue weighted by Crippen LogP contribution is 2.16. The van der Waals surface area contributed by atoms with Gasteiger partial charge in [0.1, 0.15) is 5.60 Å². The van der Waals surface area contributed by atoms with Gasteiger partial charge in [-0.1, -0.05) is 0 Å². The van der Waals surface area contributed by atoms with Gasteiger partial charge in [-0.2, -0.15) is 0 Å². The number of ether oxygens (including phenoxy) is 1. The second-order valence-corrected chi connectivity index (χ2v) is 6.69. The number of hydrogen-bond donors (Lipinski definition) is 0. The Bertz CT molecular complexity index is 348. The van der Waals surface area contributed by atoms with Crippen molar-refractivity contribution in [3.8, 4) is 0 Å². The molecule has 5 nitrogen and oxygen atoms in total. The predicted molar refractivity (Wildman–Crippen MR) is 78.4 cm³/mol. The van der Waals surface area contributed by atoms with E-state index in [-0.39, 0.29) is 24.7 Å². The molecule has 1 rings (SSSR count). The number of piperidine rings is 1. The standard InChI is InChI=1S/C15H28N2O3/c1-15(2,3)20-14(19)9-8-13(18)17-10-6-7-12(11-17)16(4)5/h12H,6-11H2,1-5H3. The molecule has 0 spiro atoms. The lowest BCUT2D eigenvalue weighted by Crippen LogP contribution is -2.47. The van der Waals surface area contributed by atoms with E-state index in [1.807, 2.05) is 39.8 Å². The van der Waals surface area contributed by atoms with Crippen LogP contribution in [0.1, 0.15) is 46.5 Å². The molecule has 0 aliphatic carbocycles. The number of amides is 1. The van der Waals surface area contributed by atoms with Gasteiger partial charge in [-0.3, -0.25) is 9.59 Å². The van der Waals surface area contributed by atoms with Crippen LogP contribution < -0.4 is 0 Å². The van der Waals surface area contributed by atoms with E-state index in [1.54, 1.807) is 0 Å². The van der Waals surface area contributed by atoms with E-state index in [2.05, 4.69) is 4.90 Å². The van der Waals surface area contributed by atoms with Crippen LogP contribution in [-0.4, -0.2) is 60.5 Å². The van der Waals surface area contributed by atoms with Gasteiger partial charge < -0.3 is 14.5 Å². The number of nitrogens with zero attached hydrogens (tertiary/aromatic N) is 2. The molecule has 1 unspecified atom stereocenters. The molecule has 0 saturated carbocycles. The topological polar surface area (TPSA) is 49.9 Å². The minimum absolute atomic E-state index is 0.0578. The van der Waals surface area contributed by atoms with Crippen LogP contribution in [0.25, 0.3) is 0 Å². The molecular weight excluding hydrogens is 256 g/mol. The van der Waals surface area contributed by atoms with E-state index in [4.69, 9.17) is 4.74 Å². The Morgan fingerprint density at radius 1 is 1.25 bits per heavy atom. The first-order valence-corrected chi connectivity index (χ1v) is 7.35. The highest BCUT2D eigenvalue weighted by Gasteiger charge is 2.25. The van der Waals surface area contributed by atoms with Crippen molar-refractivity contribution in [3.63, 3.8) is 0 Å². The van der Waals surface area contributed by atoms with Gasteiger partial charge in [-0.05, 0) is 47.7 Å². The van der Waals surface area contributed by atoms with Gasteiger partial charge in [-0.15, -0.1) is 0 Å². The lowest BCUT2D eigenvalue weighted by atomic mass is 10.0. The second kappa shape index (κ2) is 7.07. The quantitative estimate of drug-likeness (QED) is 0.737. The van der Waals surface area contributed by atoms with E-state index < -0.39 is 5.60 Å². The van der Waals surface area contributed by atoms with Crippen molar-refractivity contribution in [2.24, 2.45) is 0 Å². The largest absolute Gasteiger partial charge is 0.460 e. The van der Waals surface area contributed by atoms with Crippen molar-refractivity contribution in [1.82, 2.24) is 9.80 Å². The van der Waals surface area contributed by atoms with E-state index in [0.29, 0.717) is 6.04 Å². The van der Waals surface area contributed by atoms with Crippen molar-refractivity contribution < 1.29 is 14.3 Å². The molecule has 0 aromatic heterocycles. The summed E-state index contributed by atoms with van der Waals surface area (Å²) in [6.45, 7) is 7.06. The van der Waals surface area contributed by atoms with Crippen molar-refractivity contribution in [3.05, 3.63) is 0 Å². The van der Waals surface area contributed by atoms with Crippen LogP contribution in [0.4, 0.5) is 0 Å². The zero-order valence-corrected chi connectivity index (χ0v) is 13.4. The number of hydrogen-bond acceptors (Lipinski definition) is 4. The number of carbonyl (C=O) groups is 2. The Balaban J connectivity index is 2.37. The van der Waals surface area contributed by atoms with Crippen molar-refractivity contribution in [1.29, 1.82) is 0 Å². The molecule has 1 aliphatic rings. The third-order valence-corrected chi connectivity index (χ3v) is 3.44. The van der Waals surface area contributed by atoms with Crippen LogP contribution in [-0.2, 0) is 14.3 Å². The molecule has 1 aliphatic heterocycles. The third-order valence-electron chi connectivity index (χ3n) is 3.44. The fraction of sp³-hybridized carbons (Fsp3) is 0.867. The number of likely N-dealkylation sites (tertiary alicyclic amines) is 1. The number of esters is 1. The predicted octanol–water partition coefficient (Wildman–Crippen LogP) is 1.66. The molecule has 20 heavy (non-hydrogen) atoms. The maximum atomic E-state index is 12.1. The molecule has 0 bridgehead atoms. The van der Waals surface area contributed by atoms with Gasteiger partial charge in [-0.25, -0.2) is 0 Å². The molecule has 0 N–H and O–H groups in total. The maximum absolute atomic E-state index is 12.1. The highest BCUT2D eigenvalue weighted by molar-refractivity contribution is 5.81. The van der Waals surface area contributed by atoms with E-state index in [9.17, 15) is 9.59 Å². The lowest BCUT2D eigenvalue weighted by Gasteiger charge is -2.36. The Morgan fingerprint density at radius 3 is 2.45 bits per heavy atom. The monoisotopic (exact) mass is 284 g/mol. The summed E-state index contributed by atoms with van der Waals surface area (Å²) < 4.78 is 5.22. The molecule has 0 aromatic rings. The van der Waals surface area contributed by atoms with Gasteiger partial charge in [0.2, 0.25) is 5.91 Å². The zero-order chi connectivity index (χ0) is 15.3. The fourth-order valence-electron chi connectivity index (χ4n) is 2.36. The first-order valence-electron chi connectivity index (χ1n) is 7.35. The van der Waals surface area contributed by atoms with Crippen LogP contribution in [0.5, 0.6) is 0 Å². The van der Waals surface area contributed by atoms with Crippen molar-refractivity contribution in [2.45, 2.75) is 58.1 Å². The minimum Gasteiger partial charge on any atom is -0.460 e. The van der Waals surface area contributed by atoms with E-state index >= 15 is 0 Å². The van der Waals surface area contributed by atoms with Crippen molar-refractivity contribution in [2.75, 3.05) is 27.2 Å². The summed E-state index contributed by atoms with van der Waals surface area (Å²) in [6.07, 6.45) is 2.57. The van der Waals surface area contributed by atoms with E-state index in [1.165, 1.54) is 0 Å². The summed E-state index contributed by atoms with van der Waals surface area (Å²) in [7, 11) is 4.08. The molecule has 0 aromatic carbocycles. The average molecular weight is 284 g/mol. The molecule has 1 heterocycles. The Kier molecular flexibility index (Phi) is 5.99. The molecule has 116 valence electrons. The number of likely N-dealkylation sites (N-methyl/N-ethyl adjacent to an activating group) is 1. The lowest BCUT2D eigenvalue weighted by molar-refractivity contribution is -0.156. The SMILES string of the molecule is CN(C)C1CCCN(C(=O)CCC(=O)OC(C)(C)C)C1. The van der Waals surface area contributed by atoms with Crippen molar-refractivity contribution >= 4 is 11.9 Å². The van der Waals surface area contributed by atoms with Crippen LogP contribution in [0.3, 0.4) is 0 Å². The molecule has 5 heteroatoms. The van der Waals surface area contributed by atoms with E-state index in [0.717, 1.165) is 25.9 Å². The molecule has 1 atom stereocenters. The van der Waals surface area contributed by atoms with Gasteiger partial charge in [0, 0.05) is 25.6 Å². The fourth-order valence-corrected chi connectivity index (χ4v) is 2.36. The van der Waals surface area contributed by atoms with Gasteiger partial charge in [0.15, 0.2) is 0 Å². The van der Waals surface area contributed by atoms with Crippen LogP contribution in [0.2, 0.25) is 0 Å². The molecular formula is C15H28N2O3. The summed E-state index contributed by atoms with van der Waals surface area (Å²) in [5.74, 6) is -0.241. The van der Waals surface area contributed by atoms with Crippen LogP contribution in [0.15, 0.2) is 0 Å². The van der Waals surface area contributed by atoms with Gasteiger partial charge in [0.25, 0.3) is 0 Å². The molecule has 1 amide bonds. The van der Waals surface area contributed by atoms with Crippen LogP contribution >= 0.6 is 0 Å². The third kappa shape index (κ3) is 5.90. The summed E-state index contributed by atoms with van der Waals surface area (Å²) in [6, 6.07) is 0.425. The second-order valence-electron chi connectivity index (χ2n) is 6.69. The zero-order valence-electron chi connectivity index (χ0n) is 13.4. The Hall–Kier alpha value is -1.10. The first kappa shape index (κ1) is 17.0. The summed E-state index contributed by atoms with van der Waals surface area (Å²) >= 11 is 0. The number of rotatable bonds is 4. The Morgan fingerprint density at radius 2 is 1.90 bits per heavy atom. The smallest absolute Gasteiger partial charge is 0.306 e. The van der Waals surface area contributed by atoms with Gasteiger partial charge >= 0.3 is 5.97 Å². The first-order chi connectivity index (χ1) is 9.19. The van der Waals surface area contributed by atoms with Crippen LogP contribution in [0, 0.1) is 0 Å². The maximum Gasteiger partial charge on any atom is 0.306 e. The molecule has 1 saturated heterocycles. The molecule has 0 radical (unpaired) electrons. The minimum atomic E-state index is -0.485. The number of carbonyl (C=O) groups excluding carboxylic acids is 2. The summed E-state index contributed by atoms with van der Waals surface area (Å²) in [5, 5.41) is 0. The Labute approximate surface area is 122 Å². The average Bonchev–Trinajstić information content (AvgIpc) is 2.34. The summed E-state index contributed by atoms with van der Waals surface area (Å²) in [5.41, 5.74) is -0.485. The van der Waals surface area contributed by atoms with Gasteiger partial charge in [0.05, 0.1) is 6.42 Å². The highest BCUT2D eigenvalue weighted by atomic mass is 16.6. The normalized spacial score (nSPS) is 20.1.